The second-order valence-electron chi connectivity index (χ2n) is 12.3. The van der Waals surface area contributed by atoms with Crippen molar-refractivity contribution in [2.24, 2.45) is 29.4 Å². The Morgan fingerprint density at radius 1 is 1.19 bits per heavy atom. The molecule has 1 aliphatic heterocycles. The summed E-state index contributed by atoms with van der Waals surface area (Å²) >= 11 is 2.27. The number of rotatable bonds is 5. The Morgan fingerprint density at radius 2 is 1.88 bits per heavy atom. The molecule has 2 unspecified atom stereocenters. The molecule has 3 fully saturated rings. The lowest BCUT2D eigenvalue weighted by molar-refractivity contribution is -0.181. The average Bonchev–Trinajstić information content (AvgIpc) is 3.48. The van der Waals surface area contributed by atoms with Gasteiger partial charge in [-0.2, -0.15) is 0 Å². The summed E-state index contributed by atoms with van der Waals surface area (Å²) in [6.45, 7) is 1.71. The zero-order chi connectivity index (χ0) is 31.0. The minimum atomic E-state index is -2.76. The van der Waals surface area contributed by atoms with E-state index in [1.807, 2.05) is 0 Å². The molecule has 1 aromatic heterocycles. The van der Waals surface area contributed by atoms with E-state index in [0.717, 1.165) is 25.9 Å². The first-order chi connectivity index (χ1) is 20.4. The van der Waals surface area contributed by atoms with Gasteiger partial charge in [0.1, 0.15) is 5.75 Å². The summed E-state index contributed by atoms with van der Waals surface area (Å²) < 4.78 is 7.52. The molecule has 0 spiro atoms. The lowest BCUT2D eigenvalue weighted by Gasteiger charge is -2.52. The van der Waals surface area contributed by atoms with Gasteiger partial charge in [-0.3, -0.25) is 28.9 Å². The number of carbonyl (C=O) groups excluding carboxylic acids is 5. The van der Waals surface area contributed by atoms with E-state index in [-0.39, 0.29) is 30.2 Å². The number of nitrogens with one attached hydrogen (secondary N) is 1. The fourth-order valence-corrected chi connectivity index (χ4v) is 8.23. The van der Waals surface area contributed by atoms with Crippen molar-refractivity contribution in [2.45, 2.75) is 43.4 Å². The molecule has 6 rings (SSSR count). The quantitative estimate of drug-likeness (QED) is 0.153. The van der Waals surface area contributed by atoms with Gasteiger partial charge >= 0.3 is 0 Å². The zero-order valence-corrected chi connectivity index (χ0v) is 25.9. The minimum absolute atomic E-state index is 0.00956. The molecule has 2 aromatic rings. The van der Waals surface area contributed by atoms with Gasteiger partial charge in [-0.15, -0.1) is 0 Å². The number of Topliss-reactive ketones (excluding diaryl/α,β-unsaturated/α-hetero) is 4. The van der Waals surface area contributed by atoms with Crippen LogP contribution in [0.1, 0.15) is 35.2 Å². The molecule has 4 aliphatic rings. The van der Waals surface area contributed by atoms with E-state index >= 15 is 0 Å². The van der Waals surface area contributed by atoms with Crippen LogP contribution in [0.5, 0.6) is 5.75 Å². The minimum Gasteiger partial charge on any atom is -0.505 e. The highest BCUT2D eigenvalue weighted by molar-refractivity contribution is 14.1. The topological polar surface area (TPSA) is 183 Å². The van der Waals surface area contributed by atoms with Gasteiger partial charge in [-0.05, 0) is 69.0 Å². The van der Waals surface area contributed by atoms with Gasteiger partial charge in [0.05, 0.1) is 35.7 Å². The molecule has 2 heterocycles. The van der Waals surface area contributed by atoms with Gasteiger partial charge in [0.25, 0.3) is 0 Å². The van der Waals surface area contributed by atoms with Crippen molar-refractivity contribution in [3.05, 3.63) is 35.8 Å². The van der Waals surface area contributed by atoms with E-state index in [9.17, 15) is 34.2 Å². The highest BCUT2D eigenvalue weighted by Crippen LogP contribution is 2.53. The third-order valence-electron chi connectivity index (χ3n) is 9.69. The number of nitrogens with two attached hydrogens (primary N) is 1. The van der Waals surface area contributed by atoms with Crippen LogP contribution in [0.25, 0.3) is 11.1 Å². The van der Waals surface area contributed by atoms with Crippen LogP contribution in [0.3, 0.4) is 0 Å². The van der Waals surface area contributed by atoms with Crippen LogP contribution >= 0.6 is 22.9 Å². The predicted octanol–water partition coefficient (Wildman–Crippen LogP) is 1.35. The first kappa shape index (κ1) is 29.9. The number of halogens is 1. The number of hydrogen-bond acceptors (Lipinski definition) is 11. The first-order valence-electron chi connectivity index (χ1n) is 14.3. The molecule has 1 saturated heterocycles. The van der Waals surface area contributed by atoms with Gasteiger partial charge in [-0.25, -0.2) is 3.11 Å². The number of aromatic hydroxyl groups is 1. The summed E-state index contributed by atoms with van der Waals surface area (Å²) in [5.74, 6) is -10.7. The number of nitrogens with zero attached hydrogens (tertiary/aromatic N) is 2. The molecule has 228 valence electrons. The van der Waals surface area contributed by atoms with Crippen molar-refractivity contribution in [1.82, 2.24) is 8.01 Å². The number of furan rings is 1. The molecule has 13 heteroatoms. The van der Waals surface area contributed by atoms with Crippen molar-refractivity contribution in [2.75, 3.05) is 32.5 Å². The number of primary amides is 1. The third kappa shape index (κ3) is 4.54. The molecule has 0 radical (unpaired) electrons. The Morgan fingerprint density at radius 3 is 2.49 bits per heavy atom. The highest BCUT2D eigenvalue weighted by atomic mass is 127. The van der Waals surface area contributed by atoms with E-state index in [4.69, 9.17) is 10.2 Å². The largest absolute Gasteiger partial charge is 0.505 e. The maximum atomic E-state index is 14.3. The molecule has 12 nitrogen and oxygen atoms in total. The fourth-order valence-electron chi connectivity index (χ4n) is 7.67. The Hall–Kier alpha value is -3.14. The maximum absolute atomic E-state index is 14.3. The summed E-state index contributed by atoms with van der Waals surface area (Å²) in [5, 5.41) is 26.7. The summed E-state index contributed by atoms with van der Waals surface area (Å²) in [4.78, 5) is 68.9. The molecule has 3 aliphatic carbocycles. The second kappa shape index (κ2) is 10.8. The molecule has 43 heavy (non-hydrogen) atoms. The number of carbonyl (C=O) groups is 5. The molecule has 1 aromatic carbocycles. The smallest absolute Gasteiger partial charge is 0.235 e. The summed E-state index contributed by atoms with van der Waals surface area (Å²) in [7, 11) is 3.12. The van der Waals surface area contributed by atoms with Crippen LogP contribution in [-0.2, 0) is 25.6 Å². The van der Waals surface area contributed by atoms with Crippen molar-refractivity contribution in [3.8, 4) is 16.9 Å². The van der Waals surface area contributed by atoms with Crippen molar-refractivity contribution < 1.29 is 38.6 Å². The number of ketones is 4. The first-order valence-corrected chi connectivity index (χ1v) is 15.3. The number of aliphatic hydroxyl groups is 1. The van der Waals surface area contributed by atoms with E-state index in [1.54, 1.807) is 26.2 Å². The number of fused-ring (bicyclic) bond motifs is 3. The lowest BCUT2D eigenvalue weighted by atomic mass is 9.52. The molecule has 1 amide bonds. The van der Waals surface area contributed by atoms with Crippen molar-refractivity contribution in [1.29, 1.82) is 0 Å². The van der Waals surface area contributed by atoms with Gasteiger partial charge in [0.15, 0.2) is 34.7 Å². The zero-order valence-electron chi connectivity index (χ0n) is 23.7. The Kier molecular flexibility index (Phi) is 7.50. The lowest BCUT2D eigenvalue weighted by Crippen LogP contribution is -2.74. The molecule has 5 N–H and O–H groups in total. The number of anilines is 1. The van der Waals surface area contributed by atoms with Gasteiger partial charge < -0.3 is 25.7 Å². The normalized spacial score (nSPS) is 31.5. The fraction of sp³-hybridized carbons (Fsp3) is 0.500. The van der Waals surface area contributed by atoms with Crippen LogP contribution in [0, 0.1) is 23.7 Å². The van der Waals surface area contributed by atoms with Crippen LogP contribution in [0.4, 0.5) is 5.69 Å². The van der Waals surface area contributed by atoms with Crippen LogP contribution in [-0.4, -0.2) is 92.1 Å². The predicted molar refractivity (Wildman–Crippen MR) is 161 cm³/mol. The number of amides is 1. The number of phenolic OH excluding ortho intramolecular Hbond substituents is 1. The number of phenols is 1. The van der Waals surface area contributed by atoms with Crippen LogP contribution < -0.4 is 11.1 Å². The molecular weight excluding hydrogens is 671 g/mol. The number of likely N-dealkylation sites (N-methyl/N-ethyl adjacent to an activating group) is 1. The number of benzene rings is 1. The number of hydrogen-bond donors (Lipinski definition) is 4. The van der Waals surface area contributed by atoms with Crippen LogP contribution in [0.15, 0.2) is 29.1 Å². The highest BCUT2D eigenvalue weighted by Gasteiger charge is 2.69. The van der Waals surface area contributed by atoms with Crippen molar-refractivity contribution in [3.63, 3.8) is 0 Å². The monoisotopic (exact) mass is 704 g/mol. The van der Waals surface area contributed by atoms with E-state index in [2.05, 4.69) is 31.3 Å². The van der Waals surface area contributed by atoms with Gasteiger partial charge in [0.2, 0.25) is 5.91 Å². The van der Waals surface area contributed by atoms with E-state index in [0.29, 0.717) is 22.4 Å². The van der Waals surface area contributed by atoms with Crippen molar-refractivity contribution >= 4 is 57.6 Å². The summed E-state index contributed by atoms with van der Waals surface area (Å²) in [6.07, 6.45) is 4.85. The Balaban J connectivity index is 1.46. The van der Waals surface area contributed by atoms with Gasteiger partial charge in [0, 0.05) is 53.5 Å². The molecule has 2 saturated carbocycles. The molecule has 6 atom stereocenters. The Bertz CT molecular complexity index is 1530. The SMILES string of the molecule is CN(C)[C@@H]1C(=O)C(C(N)=O)C(=O)[C@@]2(O)C(=O)C3C(=O)c4c(O)c(NC5CCN(I)CC5)cc(-c5ccoc5)c4C[C@H]3C[C@@H]12. The van der Waals surface area contributed by atoms with E-state index < -0.39 is 64.4 Å². The maximum Gasteiger partial charge on any atom is 0.235 e. The summed E-state index contributed by atoms with van der Waals surface area (Å²) in [6, 6.07) is 2.43. The standard InChI is InChI=1S/C30H33IN4O8/c1-34(2)23-18-10-14-9-17-16(13-5-8-43-12-13)11-19(33-15-3-6-35(31)7-4-15)24(36)21(17)25(37)20(14)27(39)30(18,42)28(40)22(26(23)38)29(32)41/h5,8,11-12,14-15,18,20,22-23,33,36,42H,3-4,6-7,9-10H2,1-2H3,(H2,32,41)/t14-,18-,20?,22?,23-,30-/m0/s1. The summed E-state index contributed by atoms with van der Waals surface area (Å²) in [5.41, 5.74) is 4.81. The average molecular weight is 705 g/mol. The number of piperidine rings is 1. The van der Waals surface area contributed by atoms with Gasteiger partial charge in [-0.1, -0.05) is 0 Å². The molecular formula is C30H33IN4O8. The second-order valence-corrected chi connectivity index (χ2v) is 13.7. The van der Waals surface area contributed by atoms with Crippen LogP contribution in [0.2, 0.25) is 0 Å². The molecule has 0 bridgehead atoms. The van der Waals surface area contributed by atoms with E-state index in [1.165, 1.54) is 17.4 Å². The Labute approximate surface area is 261 Å². The third-order valence-corrected chi connectivity index (χ3v) is 10.7.